The number of hydrogen-bond donors (Lipinski definition) is 3. The van der Waals surface area contributed by atoms with Gasteiger partial charge < -0.3 is 25.7 Å². The predicted octanol–water partition coefficient (Wildman–Crippen LogP) is 0.958. The molecule has 3 heterocycles. The Morgan fingerprint density at radius 3 is 2.88 bits per heavy atom. The lowest BCUT2D eigenvalue weighted by atomic mass is 10.0. The van der Waals surface area contributed by atoms with Crippen molar-refractivity contribution in [3.8, 4) is 0 Å². The molecule has 0 aromatic carbocycles. The summed E-state index contributed by atoms with van der Waals surface area (Å²) in [5.74, 6) is -1.01. The fraction of sp³-hybridized carbons (Fsp3) is 0.667. The van der Waals surface area contributed by atoms with Crippen molar-refractivity contribution in [1.29, 1.82) is 0 Å². The minimum absolute atomic E-state index is 0.0216. The first-order valence-corrected chi connectivity index (χ1v) is 11.3. The van der Waals surface area contributed by atoms with Crippen LogP contribution in [-0.4, -0.2) is 63.0 Å². The number of nitrogens with zero attached hydrogens (tertiary/aromatic N) is 3. The van der Waals surface area contributed by atoms with Crippen molar-refractivity contribution in [3.05, 3.63) is 16.7 Å². The van der Waals surface area contributed by atoms with Crippen LogP contribution in [0.15, 0.2) is 11.1 Å². The van der Waals surface area contributed by atoms with Gasteiger partial charge in [0.1, 0.15) is 31.2 Å². The Bertz CT molecular complexity index is 1060. The van der Waals surface area contributed by atoms with Gasteiger partial charge in [-0.25, -0.2) is 9.37 Å². The van der Waals surface area contributed by atoms with Crippen LogP contribution < -0.4 is 17.0 Å². The molecule has 1 aliphatic rings. The lowest BCUT2D eigenvalue weighted by Gasteiger charge is -2.17. The number of halogens is 1. The summed E-state index contributed by atoms with van der Waals surface area (Å²) in [4.78, 5) is 46.1. The lowest BCUT2D eigenvalue weighted by molar-refractivity contribution is -0.149. The van der Waals surface area contributed by atoms with Crippen molar-refractivity contribution in [2.24, 2.45) is 11.7 Å². The molecular formula is C21H31FN6O6. The molecule has 2 aromatic heterocycles. The van der Waals surface area contributed by atoms with Gasteiger partial charge in [0, 0.05) is 12.8 Å². The third-order valence-electron chi connectivity index (χ3n) is 5.88. The highest BCUT2D eigenvalue weighted by Gasteiger charge is 2.38. The minimum atomic E-state index is -1.39. The number of unbranched alkanes of at least 4 members (excludes halogenated alkanes) is 1. The van der Waals surface area contributed by atoms with Gasteiger partial charge >= 0.3 is 11.9 Å². The second kappa shape index (κ2) is 11.4. The van der Waals surface area contributed by atoms with Crippen molar-refractivity contribution < 1.29 is 28.2 Å². The van der Waals surface area contributed by atoms with E-state index in [4.69, 9.17) is 25.7 Å². The molecule has 13 heteroatoms. The molecule has 0 bridgehead atoms. The molecule has 5 N–H and O–H groups in total. The average Bonchev–Trinajstić information content (AvgIpc) is 3.39. The van der Waals surface area contributed by atoms with Crippen molar-refractivity contribution in [2.45, 2.75) is 70.5 Å². The van der Waals surface area contributed by atoms with Crippen LogP contribution in [0.1, 0.15) is 52.2 Å². The summed E-state index contributed by atoms with van der Waals surface area (Å²) < 4.78 is 31.9. The number of anilines is 1. The number of nitrogens with one attached hydrogen (secondary N) is 1. The van der Waals surface area contributed by atoms with Gasteiger partial charge in [0.2, 0.25) is 5.95 Å². The molecule has 2 aromatic rings. The van der Waals surface area contributed by atoms with E-state index in [1.54, 1.807) is 0 Å². The summed E-state index contributed by atoms with van der Waals surface area (Å²) in [5, 5.41) is 0. The summed E-state index contributed by atoms with van der Waals surface area (Å²) in [6.07, 6.45) is -0.0120. The molecule has 1 fully saturated rings. The number of hydrogen-bond acceptors (Lipinski definition) is 10. The molecule has 0 radical (unpaired) electrons. The van der Waals surface area contributed by atoms with E-state index in [1.807, 2.05) is 13.8 Å². The van der Waals surface area contributed by atoms with Crippen molar-refractivity contribution in [2.75, 3.05) is 18.9 Å². The maximum absolute atomic E-state index is 14.5. The van der Waals surface area contributed by atoms with Gasteiger partial charge in [-0.1, -0.05) is 20.3 Å². The van der Waals surface area contributed by atoms with Crippen LogP contribution in [-0.2, 0) is 23.8 Å². The Morgan fingerprint density at radius 2 is 2.15 bits per heavy atom. The first kappa shape index (κ1) is 25.6. The Morgan fingerprint density at radius 1 is 1.38 bits per heavy atom. The molecule has 3 rings (SSSR count). The molecule has 188 valence electrons. The Balaban J connectivity index is 1.40. The number of imidazole rings is 1. The molecule has 0 unspecified atom stereocenters. The molecule has 0 aliphatic carbocycles. The monoisotopic (exact) mass is 482 g/mol. The maximum Gasteiger partial charge on any atom is 0.323 e. The van der Waals surface area contributed by atoms with E-state index < -0.39 is 42.0 Å². The van der Waals surface area contributed by atoms with Gasteiger partial charge in [0.15, 0.2) is 11.2 Å². The molecule has 1 aliphatic heterocycles. The number of H-pyrrole nitrogens is 1. The largest absolute Gasteiger partial charge is 0.465 e. The van der Waals surface area contributed by atoms with E-state index in [1.165, 1.54) is 10.9 Å². The van der Waals surface area contributed by atoms with E-state index in [0.717, 1.165) is 6.42 Å². The van der Waals surface area contributed by atoms with E-state index in [9.17, 15) is 18.8 Å². The third kappa shape index (κ3) is 6.08. The number of fused-ring (bicyclic) bond motifs is 1. The van der Waals surface area contributed by atoms with Crippen LogP contribution in [0.5, 0.6) is 0 Å². The zero-order chi connectivity index (χ0) is 24.8. The summed E-state index contributed by atoms with van der Waals surface area (Å²) in [6, 6.07) is -0.659. The van der Waals surface area contributed by atoms with Gasteiger partial charge in [0.05, 0.1) is 12.9 Å². The summed E-state index contributed by atoms with van der Waals surface area (Å²) in [6.45, 7) is 3.74. The number of carbonyl (C=O) groups excluding carboxylic acids is 2. The summed E-state index contributed by atoms with van der Waals surface area (Å²) in [5.41, 5.74) is 11.1. The average molecular weight is 483 g/mol. The zero-order valence-corrected chi connectivity index (χ0v) is 19.2. The number of alkyl halides is 1. The molecule has 1 saturated heterocycles. The highest BCUT2D eigenvalue weighted by atomic mass is 19.1. The first-order chi connectivity index (χ1) is 16.2. The standard InChI is InChI=1S/C21H31FN6O6/c1-3-11(2)16(23)20(31)32-7-5-4-6-15(29)33-9-13-12(22)8-14(34-13)28-10-25-17-18(28)26-21(24)27-19(17)30/h10-14,16H,3-9,23H2,1-2H3,(H3,24,26,27,30)/t11-,12-,13+,14+,16-/m0/s1. The quantitative estimate of drug-likeness (QED) is 0.309. The number of rotatable bonds is 11. The Kier molecular flexibility index (Phi) is 8.56. The first-order valence-electron chi connectivity index (χ1n) is 11.3. The summed E-state index contributed by atoms with van der Waals surface area (Å²) >= 11 is 0. The lowest BCUT2D eigenvalue weighted by Crippen LogP contribution is -2.38. The zero-order valence-electron chi connectivity index (χ0n) is 19.2. The maximum atomic E-state index is 14.5. The van der Waals surface area contributed by atoms with Gasteiger partial charge in [-0.05, 0) is 18.8 Å². The summed E-state index contributed by atoms with van der Waals surface area (Å²) in [7, 11) is 0. The molecule has 0 saturated carbocycles. The van der Waals surface area contributed by atoms with Crippen LogP contribution >= 0.6 is 0 Å². The van der Waals surface area contributed by atoms with E-state index in [-0.39, 0.29) is 49.1 Å². The third-order valence-corrected chi connectivity index (χ3v) is 5.88. The molecule has 34 heavy (non-hydrogen) atoms. The Hall–Kier alpha value is -3.06. The van der Waals surface area contributed by atoms with Crippen LogP contribution in [0.3, 0.4) is 0 Å². The number of esters is 2. The molecule has 5 atom stereocenters. The fourth-order valence-electron chi connectivity index (χ4n) is 3.54. The van der Waals surface area contributed by atoms with E-state index >= 15 is 0 Å². The van der Waals surface area contributed by atoms with Gasteiger partial charge in [-0.3, -0.25) is 23.9 Å². The highest BCUT2D eigenvalue weighted by molar-refractivity contribution is 5.75. The fourth-order valence-corrected chi connectivity index (χ4v) is 3.54. The normalized spacial score (nSPS) is 21.9. The predicted molar refractivity (Wildman–Crippen MR) is 119 cm³/mol. The van der Waals surface area contributed by atoms with E-state index in [0.29, 0.717) is 12.8 Å². The number of ether oxygens (including phenoxy) is 3. The van der Waals surface area contributed by atoms with Crippen LogP contribution in [0.2, 0.25) is 0 Å². The van der Waals surface area contributed by atoms with E-state index in [2.05, 4.69) is 15.0 Å². The van der Waals surface area contributed by atoms with Crippen LogP contribution in [0.25, 0.3) is 11.2 Å². The second-order valence-electron chi connectivity index (χ2n) is 8.38. The van der Waals surface area contributed by atoms with Gasteiger partial charge in [0.25, 0.3) is 5.56 Å². The number of nitrogens with two attached hydrogens (primary N) is 2. The minimum Gasteiger partial charge on any atom is -0.465 e. The molecule has 0 spiro atoms. The van der Waals surface area contributed by atoms with Gasteiger partial charge in [-0.15, -0.1) is 0 Å². The number of aromatic nitrogens is 4. The molecule has 12 nitrogen and oxygen atoms in total. The van der Waals surface area contributed by atoms with Crippen LogP contribution in [0.4, 0.5) is 10.3 Å². The van der Waals surface area contributed by atoms with Crippen molar-refractivity contribution >= 4 is 29.1 Å². The number of carbonyl (C=O) groups is 2. The van der Waals surface area contributed by atoms with Gasteiger partial charge in [-0.2, -0.15) is 4.98 Å². The van der Waals surface area contributed by atoms with Crippen molar-refractivity contribution in [3.63, 3.8) is 0 Å². The Labute approximate surface area is 195 Å². The SMILES string of the molecule is CC[C@H](C)[C@H](N)C(=O)OCCCCC(=O)OC[C@H]1O[C@@H](n2cnc3c(=O)[nH]c(N)nc32)C[C@@H]1F. The topological polar surface area (TPSA) is 177 Å². The highest BCUT2D eigenvalue weighted by Crippen LogP contribution is 2.32. The molecule has 0 amide bonds. The number of nitrogen functional groups attached to an aromatic ring is 1. The van der Waals surface area contributed by atoms with Crippen LogP contribution in [0, 0.1) is 5.92 Å². The number of aromatic amines is 1. The second-order valence-corrected chi connectivity index (χ2v) is 8.38. The van der Waals surface area contributed by atoms with Crippen molar-refractivity contribution in [1.82, 2.24) is 19.5 Å². The smallest absolute Gasteiger partial charge is 0.323 e. The molecular weight excluding hydrogens is 451 g/mol.